The lowest BCUT2D eigenvalue weighted by molar-refractivity contribution is -0.386. The lowest BCUT2D eigenvalue weighted by Gasteiger charge is -2.15. The number of hydrogen-bond acceptors (Lipinski definition) is 4. The minimum atomic E-state index is -0.886. The molecule has 0 heterocycles. The van der Waals surface area contributed by atoms with Crippen LogP contribution in [-0.2, 0) is 0 Å². The molecule has 16 heavy (non-hydrogen) atoms. The van der Waals surface area contributed by atoms with Gasteiger partial charge in [-0.15, -0.1) is 0 Å². The molecule has 1 atom stereocenters. The molecule has 2 N–H and O–H groups in total. The third kappa shape index (κ3) is 2.66. The van der Waals surface area contributed by atoms with Crippen LogP contribution in [0.4, 0.5) is 15.8 Å². The first-order valence-corrected chi connectivity index (χ1v) is 4.90. The zero-order valence-electron chi connectivity index (χ0n) is 8.81. The molecule has 88 valence electrons. The van der Waals surface area contributed by atoms with Crippen molar-refractivity contribution in [1.82, 2.24) is 0 Å². The Kier molecular flexibility index (Phi) is 4.19. The first kappa shape index (κ1) is 12.4. The second-order valence-electron chi connectivity index (χ2n) is 3.33. The number of rotatable bonds is 5. The highest BCUT2D eigenvalue weighted by Gasteiger charge is 2.21. The van der Waals surface area contributed by atoms with Gasteiger partial charge in [0.15, 0.2) is 0 Å². The van der Waals surface area contributed by atoms with Gasteiger partial charge in [0.25, 0.3) is 0 Å². The molecule has 0 aromatic heterocycles. The highest BCUT2D eigenvalue weighted by molar-refractivity contribution is 5.62. The van der Waals surface area contributed by atoms with Crippen LogP contribution in [-0.4, -0.2) is 22.7 Å². The van der Waals surface area contributed by atoms with Crippen molar-refractivity contribution in [2.24, 2.45) is 0 Å². The quantitative estimate of drug-likeness (QED) is 0.596. The number of nitrogens with one attached hydrogen (secondary N) is 1. The predicted molar refractivity (Wildman–Crippen MR) is 57.8 cm³/mol. The topological polar surface area (TPSA) is 75.4 Å². The smallest absolute Gasteiger partial charge is 0.327 e. The van der Waals surface area contributed by atoms with Crippen molar-refractivity contribution >= 4 is 11.4 Å². The van der Waals surface area contributed by atoms with E-state index in [9.17, 15) is 14.5 Å². The highest BCUT2D eigenvalue weighted by Crippen LogP contribution is 2.27. The number of hydrogen-bond donors (Lipinski definition) is 2. The highest BCUT2D eigenvalue weighted by atomic mass is 19.1. The van der Waals surface area contributed by atoms with E-state index < -0.39 is 16.4 Å². The summed E-state index contributed by atoms with van der Waals surface area (Å²) in [4.78, 5) is 9.89. The maximum absolute atomic E-state index is 13.2. The Morgan fingerprint density at radius 1 is 1.62 bits per heavy atom. The fraction of sp³-hybridized carbons (Fsp3) is 0.400. The summed E-state index contributed by atoms with van der Waals surface area (Å²) in [6.45, 7) is 1.66. The Morgan fingerprint density at radius 2 is 2.31 bits per heavy atom. The summed E-state index contributed by atoms with van der Waals surface area (Å²) in [7, 11) is 0. The van der Waals surface area contributed by atoms with Gasteiger partial charge in [0.1, 0.15) is 5.69 Å². The summed E-state index contributed by atoms with van der Waals surface area (Å²) in [5.41, 5.74) is -0.500. The zero-order valence-corrected chi connectivity index (χ0v) is 8.81. The Morgan fingerprint density at radius 3 is 2.81 bits per heavy atom. The van der Waals surface area contributed by atoms with Crippen LogP contribution in [0.2, 0.25) is 0 Å². The molecular weight excluding hydrogens is 215 g/mol. The molecule has 6 heteroatoms. The number of halogens is 1. The molecule has 0 bridgehead atoms. The fourth-order valence-electron chi connectivity index (χ4n) is 1.31. The van der Waals surface area contributed by atoms with Crippen molar-refractivity contribution in [3.63, 3.8) is 0 Å². The van der Waals surface area contributed by atoms with E-state index in [1.165, 1.54) is 12.1 Å². The summed E-state index contributed by atoms with van der Waals surface area (Å²) in [5.74, 6) is -0.886. The number of para-hydroxylation sites is 1. The molecule has 1 aromatic rings. The summed E-state index contributed by atoms with van der Waals surface area (Å²) < 4.78 is 13.2. The number of benzene rings is 1. The van der Waals surface area contributed by atoms with Crippen LogP contribution in [0.3, 0.4) is 0 Å². The minimum Gasteiger partial charge on any atom is -0.394 e. The Labute approximate surface area is 92.1 Å². The molecule has 0 aliphatic heterocycles. The molecule has 0 aliphatic carbocycles. The first-order valence-electron chi connectivity index (χ1n) is 4.90. The van der Waals surface area contributed by atoms with Gasteiger partial charge >= 0.3 is 5.69 Å². The van der Waals surface area contributed by atoms with Crippen LogP contribution < -0.4 is 5.32 Å². The molecule has 0 fully saturated rings. The Hall–Kier alpha value is -1.69. The van der Waals surface area contributed by atoms with E-state index in [1.807, 2.05) is 6.92 Å². The van der Waals surface area contributed by atoms with Crippen molar-refractivity contribution in [2.75, 3.05) is 11.9 Å². The van der Waals surface area contributed by atoms with E-state index >= 15 is 0 Å². The molecule has 0 radical (unpaired) electrons. The standard InChI is InChI=1S/C10H13FN2O3/c1-2-7(6-14)12-9-5-3-4-8(11)10(9)13(15)16/h3-5,7,12,14H,2,6H2,1H3. The molecule has 0 saturated carbocycles. The van der Waals surface area contributed by atoms with Gasteiger partial charge in [-0.25, -0.2) is 0 Å². The number of nitro groups is 1. The Bertz CT molecular complexity index is 380. The van der Waals surface area contributed by atoms with Gasteiger partial charge in [0, 0.05) is 6.04 Å². The van der Waals surface area contributed by atoms with Crippen LogP contribution >= 0.6 is 0 Å². The van der Waals surface area contributed by atoms with Crippen molar-refractivity contribution < 1.29 is 14.4 Å². The number of aliphatic hydroxyl groups is 1. The lowest BCUT2D eigenvalue weighted by Crippen LogP contribution is -2.23. The van der Waals surface area contributed by atoms with Gasteiger partial charge in [-0.05, 0) is 18.6 Å². The van der Waals surface area contributed by atoms with Gasteiger partial charge in [0.05, 0.1) is 11.5 Å². The molecule has 1 rings (SSSR count). The van der Waals surface area contributed by atoms with Crippen LogP contribution in [0.1, 0.15) is 13.3 Å². The van der Waals surface area contributed by atoms with E-state index in [-0.39, 0.29) is 18.3 Å². The number of nitrogens with zero attached hydrogens (tertiary/aromatic N) is 1. The predicted octanol–water partition coefficient (Wildman–Crippen LogP) is 1.92. The second-order valence-corrected chi connectivity index (χ2v) is 3.33. The first-order chi connectivity index (χ1) is 7.60. The third-order valence-electron chi connectivity index (χ3n) is 2.24. The van der Waals surface area contributed by atoms with Gasteiger partial charge < -0.3 is 10.4 Å². The molecule has 0 amide bonds. The maximum Gasteiger partial charge on any atom is 0.327 e. The Balaban J connectivity index is 3.03. The maximum atomic E-state index is 13.2. The lowest BCUT2D eigenvalue weighted by atomic mass is 10.2. The normalized spacial score (nSPS) is 12.2. The average Bonchev–Trinajstić information content (AvgIpc) is 2.25. The van der Waals surface area contributed by atoms with E-state index in [1.54, 1.807) is 0 Å². The molecule has 1 aromatic carbocycles. The fourth-order valence-corrected chi connectivity index (χ4v) is 1.31. The molecule has 5 nitrogen and oxygen atoms in total. The largest absolute Gasteiger partial charge is 0.394 e. The van der Waals surface area contributed by atoms with Gasteiger partial charge in [-0.1, -0.05) is 13.0 Å². The number of aliphatic hydroxyl groups excluding tert-OH is 1. The van der Waals surface area contributed by atoms with Gasteiger partial charge in [0.2, 0.25) is 5.82 Å². The van der Waals surface area contributed by atoms with Crippen molar-refractivity contribution in [3.8, 4) is 0 Å². The monoisotopic (exact) mass is 228 g/mol. The second kappa shape index (κ2) is 5.41. The SMILES string of the molecule is CCC(CO)Nc1cccc(F)c1[N+](=O)[O-]. The van der Waals surface area contributed by atoms with Crippen LogP contribution in [0.15, 0.2) is 18.2 Å². The summed E-state index contributed by atoms with van der Waals surface area (Å²) >= 11 is 0. The van der Waals surface area contributed by atoms with E-state index in [0.29, 0.717) is 6.42 Å². The zero-order chi connectivity index (χ0) is 12.1. The van der Waals surface area contributed by atoms with Crippen molar-refractivity contribution in [1.29, 1.82) is 0 Å². The van der Waals surface area contributed by atoms with Gasteiger partial charge in [-0.3, -0.25) is 10.1 Å². The summed E-state index contributed by atoms with van der Waals surface area (Å²) in [6.07, 6.45) is 0.587. The van der Waals surface area contributed by atoms with Crippen LogP contribution in [0, 0.1) is 15.9 Å². The summed E-state index contributed by atoms with van der Waals surface area (Å²) in [5, 5.41) is 22.4. The van der Waals surface area contributed by atoms with E-state index in [4.69, 9.17) is 5.11 Å². The average molecular weight is 228 g/mol. The number of anilines is 1. The van der Waals surface area contributed by atoms with Crippen LogP contribution in [0.25, 0.3) is 0 Å². The number of nitro benzene ring substituents is 1. The van der Waals surface area contributed by atoms with Gasteiger partial charge in [-0.2, -0.15) is 4.39 Å². The summed E-state index contributed by atoms with van der Waals surface area (Å²) in [6, 6.07) is 3.51. The third-order valence-corrected chi connectivity index (χ3v) is 2.24. The molecule has 0 aliphatic rings. The van der Waals surface area contributed by atoms with Crippen LogP contribution in [0.5, 0.6) is 0 Å². The van der Waals surface area contributed by atoms with E-state index in [0.717, 1.165) is 6.07 Å². The molecule has 0 spiro atoms. The van der Waals surface area contributed by atoms with Crippen molar-refractivity contribution in [2.45, 2.75) is 19.4 Å². The molecular formula is C10H13FN2O3. The van der Waals surface area contributed by atoms with Crippen molar-refractivity contribution in [3.05, 3.63) is 34.1 Å². The molecule has 0 saturated heterocycles. The molecule has 1 unspecified atom stereocenters. The van der Waals surface area contributed by atoms with E-state index in [2.05, 4.69) is 5.32 Å². The minimum absolute atomic E-state index is 0.0888.